The number of aliphatic hydroxyl groups is 8. The number of unbranched alkanes of at least 4 members (excludes halogenated alkanes) is 12. The molecule has 0 radical (unpaired) electrons. The van der Waals surface area contributed by atoms with Gasteiger partial charge in [-0.05, 0) is 30.7 Å². The summed E-state index contributed by atoms with van der Waals surface area (Å²) < 4.78 is 58.8. The van der Waals surface area contributed by atoms with Crippen LogP contribution in [0.25, 0.3) is 22.3 Å². The Morgan fingerprint density at radius 2 is 0.959 bits per heavy atom. The number of phenols is 3. The fraction of sp³-hybridized carbons (Fsp3) is 0.686. The molecule has 0 amide bonds. The van der Waals surface area contributed by atoms with Crippen molar-refractivity contribution in [3.8, 4) is 34.3 Å². The molecule has 4 aliphatic rings. The SMILES string of the molecule is CCCCCCCCCCCCCCCC(=O)OC1C(OC2C(OC3C(OC4C(Oc5c(-c6ccc(O)cc6)oc6cc(O)cc(O)c6c5=O)OCC(O)C4O)OCC(O)C3O)OCC(O)C2O)OCC(O)C1O. The van der Waals surface area contributed by atoms with E-state index in [1.165, 1.54) is 75.6 Å². The number of fused-ring (bicyclic) bond motifs is 1. The van der Waals surface area contributed by atoms with Crippen LogP contribution in [-0.4, -0.2) is 187 Å². The minimum Gasteiger partial charge on any atom is -0.508 e. The summed E-state index contributed by atoms with van der Waals surface area (Å²) in [4.78, 5) is 27.3. The van der Waals surface area contributed by atoms with Gasteiger partial charge < -0.3 is 103 Å². The molecule has 2 aromatic carbocycles. The zero-order valence-electron chi connectivity index (χ0n) is 41.2. The van der Waals surface area contributed by atoms with Crippen LogP contribution in [0.2, 0.25) is 0 Å². The van der Waals surface area contributed by atoms with Gasteiger partial charge in [0.2, 0.25) is 17.5 Å². The van der Waals surface area contributed by atoms with Gasteiger partial charge in [0.15, 0.2) is 36.8 Å². The molecule has 0 bridgehead atoms. The van der Waals surface area contributed by atoms with Gasteiger partial charge in [0.1, 0.15) is 89.3 Å². The average molecular weight is 1050 g/mol. The highest BCUT2D eigenvalue weighted by molar-refractivity contribution is 5.88. The van der Waals surface area contributed by atoms with E-state index in [-0.39, 0.29) is 29.1 Å². The second-order valence-corrected chi connectivity index (χ2v) is 19.4. The lowest BCUT2D eigenvalue weighted by molar-refractivity contribution is -0.383. The Hall–Kier alpha value is -4.28. The molecule has 3 aromatic rings. The number of benzene rings is 2. The number of hydrogen-bond acceptors (Lipinski definition) is 23. The number of hydrogen-bond donors (Lipinski definition) is 11. The van der Waals surface area contributed by atoms with Crippen LogP contribution >= 0.6 is 0 Å². The highest BCUT2D eigenvalue weighted by Crippen LogP contribution is 2.39. The standard InChI is InChI=1S/C51H72O23/c1-2-3-4-5-6-7-8-9-10-11-12-13-14-15-35(59)70-44-37(60)30(55)22-65-48(44)72-46-39(62)32(57)24-67-50(46)74-47-40(63)33(58)25-68-51(47)73-45-38(61)31(56)23-66-49(45)71-43-41(64)36-29(54)20-28(53)21-34(36)69-42(43)26-16-18-27(52)19-17-26/h16-21,30-33,37-40,44-58,60-63H,2-15,22-25H2,1H3. The molecule has 23 nitrogen and oxygen atoms in total. The third-order valence-electron chi connectivity index (χ3n) is 13.6. The molecule has 5 heterocycles. The molecule has 4 fully saturated rings. The maximum absolute atomic E-state index is 14.1. The van der Waals surface area contributed by atoms with E-state index < -0.39 is 159 Å². The zero-order valence-corrected chi connectivity index (χ0v) is 41.2. The van der Waals surface area contributed by atoms with Crippen LogP contribution in [0.4, 0.5) is 0 Å². The summed E-state index contributed by atoms with van der Waals surface area (Å²) >= 11 is 0. The highest BCUT2D eigenvalue weighted by Gasteiger charge is 2.53. The fourth-order valence-electron chi connectivity index (χ4n) is 9.33. The van der Waals surface area contributed by atoms with Crippen LogP contribution in [-0.2, 0) is 42.7 Å². The zero-order chi connectivity index (χ0) is 53.1. The number of carbonyl (C=O) groups is 1. The Morgan fingerprint density at radius 1 is 0.541 bits per heavy atom. The van der Waals surface area contributed by atoms with Crippen LogP contribution in [0, 0.1) is 0 Å². The monoisotopic (exact) mass is 1050 g/mol. The largest absolute Gasteiger partial charge is 0.508 e. The van der Waals surface area contributed by atoms with E-state index in [2.05, 4.69) is 6.92 Å². The Bertz CT molecular complexity index is 2280. The van der Waals surface area contributed by atoms with Crippen LogP contribution in [0.5, 0.6) is 23.0 Å². The van der Waals surface area contributed by atoms with Crippen molar-refractivity contribution in [1.29, 1.82) is 0 Å². The van der Waals surface area contributed by atoms with E-state index in [0.717, 1.165) is 37.8 Å². The molecule has 7 rings (SSSR count). The molecule has 23 heteroatoms. The first kappa shape index (κ1) is 57.4. The number of aliphatic hydroxyl groups excluding tert-OH is 8. The number of ether oxygens (including phenoxy) is 9. The van der Waals surface area contributed by atoms with E-state index in [4.69, 9.17) is 47.0 Å². The van der Waals surface area contributed by atoms with E-state index in [9.17, 15) is 65.8 Å². The number of aromatic hydroxyl groups is 3. The first-order chi connectivity index (χ1) is 35.6. The van der Waals surface area contributed by atoms with Crippen molar-refractivity contribution in [2.24, 2.45) is 0 Å². The summed E-state index contributed by atoms with van der Waals surface area (Å²) in [5, 5.41) is 118. The van der Waals surface area contributed by atoms with Gasteiger partial charge in [0.25, 0.3) is 0 Å². The lowest BCUT2D eigenvalue weighted by Crippen LogP contribution is -2.64. The van der Waals surface area contributed by atoms with Gasteiger partial charge in [0, 0.05) is 24.1 Å². The van der Waals surface area contributed by atoms with Crippen molar-refractivity contribution in [3.63, 3.8) is 0 Å². The molecule has 4 aliphatic heterocycles. The van der Waals surface area contributed by atoms with Gasteiger partial charge in [-0.15, -0.1) is 0 Å². The molecule has 0 aliphatic carbocycles. The van der Waals surface area contributed by atoms with Crippen molar-refractivity contribution >= 4 is 16.9 Å². The summed E-state index contributed by atoms with van der Waals surface area (Å²) in [5.41, 5.74) is -1.09. The predicted molar refractivity (Wildman–Crippen MR) is 255 cm³/mol. The van der Waals surface area contributed by atoms with E-state index in [1.54, 1.807) is 0 Å². The van der Waals surface area contributed by atoms with Crippen LogP contribution in [0.1, 0.15) is 96.8 Å². The van der Waals surface area contributed by atoms with E-state index in [0.29, 0.717) is 6.42 Å². The van der Waals surface area contributed by atoms with E-state index >= 15 is 0 Å². The number of carbonyl (C=O) groups excluding carboxylic acids is 1. The Balaban J connectivity index is 1.04. The minimum absolute atomic E-state index is 0.0133. The highest BCUT2D eigenvalue weighted by atomic mass is 16.8. The topological polar surface area (TPSA) is 353 Å². The molecule has 0 saturated carbocycles. The molecular weight excluding hydrogens is 981 g/mol. The molecule has 414 valence electrons. The van der Waals surface area contributed by atoms with E-state index in [1.807, 2.05) is 0 Å². The second-order valence-electron chi connectivity index (χ2n) is 19.4. The van der Waals surface area contributed by atoms with Gasteiger partial charge in [-0.1, -0.05) is 84.0 Å². The van der Waals surface area contributed by atoms with Crippen molar-refractivity contribution in [1.82, 2.24) is 0 Å². The molecule has 4 saturated heterocycles. The van der Waals surface area contributed by atoms with Crippen molar-refractivity contribution in [3.05, 3.63) is 46.6 Å². The smallest absolute Gasteiger partial charge is 0.306 e. The second kappa shape index (κ2) is 27.2. The molecule has 16 atom stereocenters. The van der Waals surface area contributed by atoms with Crippen molar-refractivity contribution in [2.75, 3.05) is 26.4 Å². The summed E-state index contributed by atoms with van der Waals surface area (Å²) in [6.07, 6.45) is -13.7. The normalized spacial score (nSPS) is 32.6. The van der Waals surface area contributed by atoms with Crippen LogP contribution in [0.15, 0.2) is 45.6 Å². The molecule has 0 spiro atoms. The van der Waals surface area contributed by atoms with Gasteiger partial charge >= 0.3 is 5.97 Å². The van der Waals surface area contributed by atoms with Crippen LogP contribution in [0.3, 0.4) is 0 Å². The maximum atomic E-state index is 14.1. The third-order valence-corrected chi connectivity index (χ3v) is 13.6. The van der Waals surface area contributed by atoms with Crippen LogP contribution < -0.4 is 10.2 Å². The molecule has 74 heavy (non-hydrogen) atoms. The Labute approximate surface area is 426 Å². The quantitative estimate of drug-likeness (QED) is 0.0450. The van der Waals surface area contributed by atoms with Crippen molar-refractivity contribution in [2.45, 2.75) is 195 Å². The third kappa shape index (κ3) is 14.4. The number of rotatable bonds is 24. The first-order valence-corrected chi connectivity index (χ1v) is 25.6. The Morgan fingerprint density at radius 3 is 1.45 bits per heavy atom. The lowest BCUT2D eigenvalue weighted by atomic mass is 10.0. The van der Waals surface area contributed by atoms with Gasteiger partial charge in [-0.2, -0.15) is 0 Å². The molecule has 1 aromatic heterocycles. The lowest BCUT2D eigenvalue weighted by Gasteiger charge is -2.46. The predicted octanol–water partition coefficient (Wildman–Crippen LogP) is 1.82. The maximum Gasteiger partial charge on any atom is 0.306 e. The molecular formula is C51H72O23. The van der Waals surface area contributed by atoms with Gasteiger partial charge in [0.05, 0.1) is 26.4 Å². The summed E-state index contributed by atoms with van der Waals surface area (Å²) in [6, 6.07) is 7.26. The number of phenolic OH excluding ortho intramolecular Hbond substituents is 3. The van der Waals surface area contributed by atoms with Gasteiger partial charge in [-0.3, -0.25) is 9.59 Å². The average Bonchev–Trinajstić information content (AvgIpc) is 3.37. The number of esters is 1. The Kier molecular flexibility index (Phi) is 21.1. The first-order valence-electron chi connectivity index (χ1n) is 25.6. The van der Waals surface area contributed by atoms with Crippen molar-refractivity contribution < 1.29 is 108 Å². The molecule has 11 N–H and O–H groups in total. The minimum atomic E-state index is -1.89. The van der Waals surface area contributed by atoms with Gasteiger partial charge in [-0.25, -0.2) is 0 Å². The fourth-order valence-corrected chi connectivity index (χ4v) is 9.33. The molecule has 16 unspecified atom stereocenters. The summed E-state index contributed by atoms with van der Waals surface area (Å²) in [5.74, 6) is -2.89. The summed E-state index contributed by atoms with van der Waals surface area (Å²) in [7, 11) is 0. The summed E-state index contributed by atoms with van der Waals surface area (Å²) in [6.45, 7) is -0.0416.